The molecule has 0 spiro atoms. The molecule has 1 N–H and O–H groups in total. The number of halogens is 3. The summed E-state index contributed by atoms with van der Waals surface area (Å²) in [4.78, 5) is 0. The van der Waals surface area contributed by atoms with Crippen LogP contribution in [-0.4, -0.2) is 6.54 Å². The average molecular weight is 256 g/mol. The minimum Gasteiger partial charge on any atom is -0.383 e. The fraction of sp³-hybridized carbons (Fsp3) is 0.462. The summed E-state index contributed by atoms with van der Waals surface area (Å²) in [6, 6.07) is 4.92. The molecule has 5 heteroatoms. The first kappa shape index (κ1) is 14.4. The fourth-order valence-corrected chi connectivity index (χ4v) is 1.33. The van der Waals surface area contributed by atoms with Crippen LogP contribution in [0.15, 0.2) is 18.2 Å². The number of nitrogens with one attached hydrogen (secondary N) is 1. The van der Waals surface area contributed by atoms with Gasteiger partial charge in [0.25, 0.3) is 0 Å². The molecule has 0 aliphatic rings. The van der Waals surface area contributed by atoms with Crippen molar-refractivity contribution in [2.24, 2.45) is 5.41 Å². The van der Waals surface area contributed by atoms with Crippen molar-refractivity contribution in [3.8, 4) is 6.07 Å². The number of alkyl halides is 3. The number of hydrogen-bond donors (Lipinski definition) is 1. The van der Waals surface area contributed by atoms with Crippen molar-refractivity contribution in [2.45, 2.75) is 26.9 Å². The Morgan fingerprint density at radius 3 is 2.28 bits per heavy atom. The van der Waals surface area contributed by atoms with Gasteiger partial charge >= 0.3 is 6.18 Å². The highest BCUT2D eigenvalue weighted by Crippen LogP contribution is 2.31. The van der Waals surface area contributed by atoms with E-state index in [0.717, 1.165) is 12.1 Å². The predicted octanol–water partition coefficient (Wildman–Crippen LogP) is 4.04. The van der Waals surface area contributed by atoms with Crippen LogP contribution in [0.2, 0.25) is 0 Å². The summed E-state index contributed by atoms with van der Waals surface area (Å²) in [5.74, 6) is 0. The highest BCUT2D eigenvalue weighted by molar-refractivity contribution is 5.59. The molecular weight excluding hydrogens is 241 g/mol. The van der Waals surface area contributed by atoms with Gasteiger partial charge in [-0.1, -0.05) is 20.8 Å². The van der Waals surface area contributed by atoms with E-state index in [4.69, 9.17) is 5.26 Å². The van der Waals surface area contributed by atoms with Crippen LogP contribution >= 0.6 is 0 Å². The maximum atomic E-state index is 12.5. The van der Waals surface area contributed by atoms with E-state index in [1.54, 1.807) is 6.07 Å². The normalized spacial score (nSPS) is 12.1. The molecule has 0 aliphatic carbocycles. The zero-order valence-corrected chi connectivity index (χ0v) is 10.5. The van der Waals surface area contributed by atoms with Gasteiger partial charge in [-0.05, 0) is 23.6 Å². The Kier molecular flexibility index (Phi) is 3.90. The van der Waals surface area contributed by atoms with Crippen molar-refractivity contribution in [3.05, 3.63) is 29.3 Å². The van der Waals surface area contributed by atoms with Crippen LogP contribution < -0.4 is 5.32 Å². The molecule has 0 unspecified atom stereocenters. The van der Waals surface area contributed by atoms with Crippen LogP contribution in [0.25, 0.3) is 0 Å². The Balaban J connectivity index is 2.99. The van der Waals surface area contributed by atoms with Crippen molar-refractivity contribution in [3.63, 3.8) is 0 Å². The van der Waals surface area contributed by atoms with E-state index in [2.05, 4.69) is 5.32 Å². The Morgan fingerprint density at radius 2 is 1.83 bits per heavy atom. The largest absolute Gasteiger partial charge is 0.416 e. The van der Waals surface area contributed by atoms with E-state index >= 15 is 0 Å². The molecule has 0 heterocycles. The molecule has 0 radical (unpaired) electrons. The summed E-state index contributed by atoms with van der Waals surface area (Å²) >= 11 is 0. The molecule has 1 aromatic rings. The summed E-state index contributed by atoms with van der Waals surface area (Å²) < 4.78 is 37.4. The number of nitrogens with zero attached hydrogens (tertiary/aromatic N) is 1. The van der Waals surface area contributed by atoms with E-state index in [9.17, 15) is 13.2 Å². The monoisotopic (exact) mass is 256 g/mol. The lowest BCUT2D eigenvalue weighted by atomic mass is 9.96. The summed E-state index contributed by atoms with van der Waals surface area (Å²) in [5, 5.41) is 11.9. The molecule has 0 fully saturated rings. The van der Waals surface area contributed by atoms with Gasteiger partial charge in [-0.25, -0.2) is 0 Å². The first-order valence-electron chi connectivity index (χ1n) is 5.49. The Bertz CT molecular complexity index is 465. The number of rotatable bonds is 2. The molecule has 98 valence electrons. The topological polar surface area (TPSA) is 35.8 Å². The van der Waals surface area contributed by atoms with Crippen molar-refractivity contribution in [1.29, 1.82) is 5.26 Å². The molecule has 0 aliphatic heterocycles. The minimum absolute atomic E-state index is 0.00840. The minimum atomic E-state index is -4.42. The SMILES string of the molecule is CC(C)(C)CNc1ccc(C(F)(F)F)cc1C#N. The lowest BCUT2D eigenvalue weighted by Crippen LogP contribution is -2.19. The van der Waals surface area contributed by atoms with Crippen LogP contribution in [0.4, 0.5) is 18.9 Å². The van der Waals surface area contributed by atoms with E-state index in [1.807, 2.05) is 20.8 Å². The maximum absolute atomic E-state index is 12.5. The van der Waals surface area contributed by atoms with Crippen LogP contribution in [-0.2, 0) is 6.18 Å². The molecule has 1 aromatic carbocycles. The molecule has 0 saturated carbocycles. The van der Waals surface area contributed by atoms with Crippen LogP contribution in [0.3, 0.4) is 0 Å². The highest BCUT2D eigenvalue weighted by Gasteiger charge is 2.31. The first-order chi connectivity index (χ1) is 8.13. The summed E-state index contributed by atoms with van der Waals surface area (Å²) in [6.45, 7) is 6.56. The van der Waals surface area contributed by atoms with Gasteiger partial charge in [0.05, 0.1) is 16.8 Å². The molecule has 0 bridgehead atoms. The van der Waals surface area contributed by atoms with Gasteiger partial charge in [0.15, 0.2) is 0 Å². The van der Waals surface area contributed by atoms with E-state index < -0.39 is 11.7 Å². The van der Waals surface area contributed by atoms with Gasteiger partial charge in [-0.3, -0.25) is 0 Å². The summed E-state index contributed by atoms with van der Waals surface area (Å²) in [5.41, 5.74) is -0.384. The maximum Gasteiger partial charge on any atom is 0.416 e. The fourth-order valence-electron chi connectivity index (χ4n) is 1.33. The average Bonchev–Trinajstić information content (AvgIpc) is 2.23. The van der Waals surface area contributed by atoms with Gasteiger partial charge in [0, 0.05) is 6.54 Å². The quantitative estimate of drug-likeness (QED) is 0.867. The summed E-state index contributed by atoms with van der Waals surface area (Å²) in [6.07, 6.45) is -4.42. The lowest BCUT2D eigenvalue weighted by Gasteiger charge is -2.20. The molecule has 2 nitrogen and oxygen atoms in total. The van der Waals surface area contributed by atoms with Crippen molar-refractivity contribution < 1.29 is 13.2 Å². The highest BCUT2D eigenvalue weighted by atomic mass is 19.4. The zero-order valence-electron chi connectivity index (χ0n) is 10.5. The van der Waals surface area contributed by atoms with Crippen molar-refractivity contribution >= 4 is 5.69 Å². The van der Waals surface area contributed by atoms with Gasteiger partial charge in [-0.2, -0.15) is 18.4 Å². The number of benzene rings is 1. The van der Waals surface area contributed by atoms with Crippen LogP contribution in [0, 0.1) is 16.7 Å². The third-order valence-corrected chi connectivity index (χ3v) is 2.28. The number of anilines is 1. The van der Waals surface area contributed by atoms with Gasteiger partial charge in [0.2, 0.25) is 0 Å². The predicted molar refractivity (Wildman–Crippen MR) is 64.1 cm³/mol. The Hall–Kier alpha value is -1.70. The lowest BCUT2D eigenvalue weighted by molar-refractivity contribution is -0.137. The zero-order chi connectivity index (χ0) is 14.0. The first-order valence-corrected chi connectivity index (χ1v) is 5.49. The van der Waals surface area contributed by atoms with E-state index in [-0.39, 0.29) is 11.0 Å². The van der Waals surface area contributed by atoms with Crippen molar-refractivity contribution in [1.82, 2.24) is 0 Å². The van der Waals surface area contributed by atoms with Gasteiger partial charge in [-0.15, -0.1) is 0 Å². The molecule has 0 aromatic heterocycles. The smallest absolute Gasteiger partial charge is 0.383 e. The standard InChI is InChI=1S/C13H15F3N2/c1-12(2,3)8-18-11-5-4-10(13(14,15)16)6-9(11)7-17/h4-6,18H,8H2,1-3H3. The van der Waals surface area contributed by atoms with E-state index in [0.29, 0.717) is 12.2 Å². The number of hydrogen-bond acceptors (Lipinski definition) is 2. The van der Waals surface area contributed by atoms with Gasteiger partial charge < -0.3 is 5.32 Å². The second kappa shape index (κ2) is 4.89. The molecule has 1 rings (SSSR count). The molecule has 0 saturated heterocycles. The molecule has 0 atom stereocenters. The Labute approximate surface area is 104 Å². The summed E-state index contributed by atoms with van der Waals surface area (Å²) in [7, 11) is 0. The molecular formula is C13H15F3N2. The van der Waals surface area contributed by atoms with Crippen LogP contribution in [0.1, 0.15) is 31.9 Å². The number of nitriles is 1. The molecule has 18 heavy (non-hydrogen) atoms. The third-order valence-electron chi connectivity index (χ3n) is 2.28. The van der Waals surface area contributed by atoms with Crippen LogP contribution in [0.5, 0.6) is 0 Å². The molecule has 0 amide bonds. The van der Waals surface area contributed by atoms with Gasteiger partial charge in [0.1, 0.15) is 6.07 Å². The van der Waals surface area contributed by atoms with E-state index in [1.165, 1.54) is 6.07 Å². The van der Waals surface area contributed by atoms with Crippen molar-refractivity contribution in [2.75, 3.05) is 11.9 Å². The third kappa shape index (κ3) is 3.95. The second-order valence-corrected chi connectivity index (χ2v) is 5.28. The second-order valence-electron chi connectivity index (χ2n) is 5.28. The Morgan fingerprint density at radius 1 is 1.22 bits per heavy atom.